The van der Waals surface area contributed by atoms with Crippen LogP contribution in [0.3, 0.4) is 0 Å². The van der Waals surface area contributed by atoms with Gasteiger partial charge in [0.25, 0.3) is 0 Å². The van der Waals surface area contributed by atoms with Crippen molar-refractivity contribution in [2.45, 2.75) is 13.3 Å². The van der Waals surface area contributed by atoms with Crippen molar-refractivity contribution in [2.24, 2.45) is 0 Å². The summed E-state index contributed by atoms with van der Waals surface area (Å²) in [6.07, 6.45) is 0.747. The zero-order valence-corrected chi connectivity index (χ0v) is 11.5. The van der Waals surface area contributed by atoms with E-state index in [2.05, 4.69) is 5.32 Å². The molecule has 0 aromatic heterocycles. The molecule has 3 nitrogen and oxygen atoms in total. The van der Waals surface area contributed by atoms with Crippen LogP contribution < -0.4 is 15.8 Å². The standard InChI is InChI=1S/C16H19FN2O/c1-2-20-16-10-14(18)9-15(11-16)19-7-6-12-4-3-5-13(17)8-12/h3-5,8-11,19H,2,6-7,18H2,1H3. The summed E-state index contributed by atoms with van der Waals surface area (Å²) in [6, 6.07) is 12.2. The Labute approximate surface area is 118 Å². The summed E-state index contributed by atoms with van der Waals surface area (Å²) >= 11 is 0. The highest BCUT2D eigenvalue weighted by Crippen LogP contribution is 2.22. The zero-order valence-electron chi connectivity index (χ0n) is 11.5. The topological polar surface area (TPSA) is 47.3 Å². The van der Waals surface area contributed by atoms with Crippen LogP contribution in [0.25, 0.3) is 0 Å². The van der Waals surface area contributed by atoms with E-state index in [-0.39, 0.29) is 5.82 Å². The molecule has 0 amide bonds. The highest BCUT2D eigenvalue weighted by molar-refractivity contribution is 5.59. The summed E-state index contributed by atoms with van der Waals surface area (Å²) in [5.74, 6) is 0.547. The third-order valence-electron chi connectivity index (χ3n) is 2.87. The van der Waals surface area contributed by atoms with Crippen molar-refractivity contribution in [1.82, 2.24) is 0 Å². The number of nitrogens with one attached hydrogen (secondary N) is 1. The van der Waals surface area contributed by atoms with E-state index < -0.39 is 0 Å². The first-order valence-electron chi connectivity index (χ1n) is 6.69. The average molecular weight is 274 g/mol. The van der Waals surface area contributed by atoms with Gasteiger partial charge in [-0.05, 0) is 37.1 Å². The van der Waals surface area contributed by atoms with Crippen LogP contribution in [0.1, 0.15) is 12.5 Å². The van der Waals surface area contributed by atoms with Crippen molar-refractivity contribution >= 4 is 11.4 Å². The fraction of sp³-hybridized carbons (Fsp3) is 0.250. The number of hydrogen-bond donors (Lipinski definition) is 2. The van der Waals surface area contributed by atoms with Crippen LogP contribution in [0.4, 0.5) is 15.8 Å². The van der Waals surface area contributed by atoms with E-state index in [1.165, 1.54) is 6.07 Å². The molecule has 0 radical (unpaired) electrons. The van der Waals surface area contributed by atoms with E-state index in [1.807, 2.05) is 25.1 Å². The minimum atomic E-state index is -0.204. The minimum absolute atomic E-state index is 0.204. The number of rotatable bonds is 6. The van der Waals surface area contributed by atoms with Gasteiger partial charge in [0, 0.05) is 30.1 Å². The van der Waals surface area contributed by atoms with Gasteiger partial charge in [-0.15, -0.1) is 0 Å². The maximum Gasteiger partial charge on any atom is 0.123 e. The number of nitrogen functional groups attached to an aromatic ring is 1. The summed E-state index contributed by atoms with van der Waals surface area (Å²) in [5, 5.41) is 3.27. The molecule has 0 unspecified atom stereocenters. The van der Waals surface area contributed by atoms with E-state index in [0.29, 0.717) is 18.8 Å². The fourth-order valence-electron chi connectivity index (χ4n) is 2.02. The molecule has 2 aromatic rings. The Morgan fingerprint density at radius 1 is 1.20 bits per heavy atom. The van der Waals surface area contributed by atoms with Crippen LogP contribution in [0.15, 0.2) is 42.5 Å². The van der Waals surface area contributed by atoms with E-state index in [4.69, 9.17) is 10.5 Å². The van der Waals surface area contributed by atoms with Gasteiger partial charge >= 0.3 is 0 Å². The van der Waals surface area contributed by atoms with Crippen LogP contribution in [-0.4, -0.2) is 13.2 Å². The molecule has 2 aromatic carbocycles. The number of ether oxygens (including phenoxy) is 1. The smallest absolute Gasteiger partial charge is 0.123 e. The monoisotopic (exact) mass is 274 g/mol. The first-order valence-corrected chi connectivity index (χ1v) is 6.69. The van der Waals surface area contributed by atoms with Crippen molar-refractivity contribution in [1.29, 1.82) is 0 Å². The number of halogens is 1. The molecular weight excluding hydrogens is 255 g/mol. The number of anilines is 2. The third-order valence-corrected chi connectivity index (χ3v) is 2.87. The molecule has 0 spiro atoms. The molecular formula is C16H19FN2O. The molecule has 2 rings (SSSR count). The van der Waals surface area contributed by atoms with E-state index >= 15 is 0 Å². The highest BCUT2D eigenvalue weighted by Gasteiger charge is 2.00. The Hall–Kier alpha value is -2.23. The van der Waals surface area contributed by atoms with Crippen molar-refractivity contribution < 1.29 is 9.13 Å². The second kappa shape index (κ2) is 6.80. The average Bonchev–Trinajstić information content (AvgIpc) is 2.38. The van der Waals surface area contributed by atoms with Gasteiger partial charge in [-0.1, -0.05) is 12.1 Å². The van der Waals surface area contributed by atoms with E-state index in [1.54, 1.807) is 18.2 Å². The molecule has 0 aliphatic heterocycles. The maximum absolute atomic E-state index is 13.1. The van der Waals surface area contributed by atoms with Crippen molar-refractivity contribution in [3.05, 3.63) is 53.8 Å². The fourth-order valence-corrected chi connectivity index (χ4v) is 2.02. The van der Waals surface area contributed by atoms with Gasteiger partial charge in [0.1, 0.15) is 11.6 Å². The van der Waals surface area contributed by atoms with Crippen LogP contribution in [0.2, 0.25) is 0 Å². The van der Waals surface area contributed by atoms with Crippen LogP contribution in [-0.2, 0) is 6.42 Å². The molecule has 0 aliphatic rings. The largest absolute Gasteiger partial charge is 0.494 e. The number of hydrogen-bond acceptors (Lipinski definition) is 3. The SMILES string of the molecule is CCOc1cc(N)cc(NCCc2cccc(F)c2)c1. The third kappa shape index (κ3) is 4.16. The quantitative estimate of drug-likeness (QED) is 0.793. The van der Waals surface area contributed by atoms with Gasteiger partial charge in [-0.2, -0.15) is 0 Å². The molecule has 4 heteroatoms. The maximum atomic E-state index is 13.1. The van der Waals surface area contributed by atoms with Crippen LogP contribution in [0, 0.1) is 5.82 Å². The number of benzene rings is 2. The second-order valence-corrected chi connectivity index (χ2v) is 4.53. The molecule has 0 heterocycles. The van der Waals surface area contributed by atoms with Gasteiger partial charge in [0.05, 0.1) is 6.61 Å². The van der Waals surface area contributed by atoms with Gasteiger partial charge in [0.15, 0.2) is 0 Å². The summed E-state index contributed by atoms with van der Waals surface area (Å²) in [4.78, 5) is 0. The predicted molar refractivity (Wildman–Crippen MR) is 80.6 cm³/mol. The molecule has 106 valence electrons. The Balaban J connectivity index is 1.93. The van der Waals surface area contributed by atoms with E-state index in [9.17, 15) is 4.39 Å². The van der Waals surface area contributed by atoms with Gasteiger partial charge in [-0.3, -0.25) is 0 Å². The minimum Gasteiger partial charge on any atom is -0.494 e. The zero-order chi connectivity index (χ0) is 14.4. The lowest BCUT2D eigenvalue weighted by molar-refractivity contribution is 0.340. The van der Waals surface area contributed by atoms with Gasteiger partial charge in [0.2, 0.25) is 0 Å². The van der Waals surface area contributed by atoms with Crippen molar-refractivity contribution in [3.63, 3.8) is 0 Å². The van der Waals surface area contributed by atoms with Crippen LogP contribution in [0.5, 0.6) is 5.75 Å². The lowest BCUT2D eigenvalue weighted by atomic mass is 10.1. The lowest BCUT2D eigenvalue weighted by Gasteiger charge is -2.10. The second-order valence-electron chi connectivity index (χ2n) is 4.53. The summed E-state index contributed by atoms with van der Waals surface area (Å²) in [7, 11) is 0. The molecule has 20 heavy (non-hydrogen) atoms. The molecule has 0 saturated carbocycles. The lowest BCUT2D eigenvalue weighted by Crippen LogP contribution is -2.06. The Bertz CT molecular complexity index is 572. The van der Waals surface area contributed by atoms with E-state index in [0.717, 1.165) is 23.4 Å². The molecule has 0 fully saturated rings. The molecule has 0 saturated heterocycles. The molecule has 0 bridgehead atoms. The highest BCUT2D eigenvalue weighted by atomic mass is 19.1. The first-order chi connectivity index (χ1) is 9.67. The summed E-state index contributed by atoms with van der Waals surface area (Å²) in [6.45, 7) is 3.24. The van der Waals surface area contributed by atoms with Crippen LogP contribution >= 0.6 is 0 Å². The molecule has 0 atom stereocenters. The van der Waals surface area contributed by atoms with Gasteiger partial charge in [-0.25, -0.2) is 4.39 Å². The Kier molecular flexibility index (Phi) is 4.82. The molecule has 0 aliphatic carbocycles. The van der Waals surface area contributed by atoms with Crippen molar-refractivity contribution in [3.8, 4) is 5.75 Å². The Morgan fingerprint density at radius 2 is 2.05 bits per heavy atom. The van der Waals surface area contributed by atoms with Gasteiger partial charge < -0.3 is 15.8 Å². The first kappa shape index (κ1) is 14.2. The number of nitrogens with two attached hydrogens (primary N) is 1. The van der Waals surface area contributed by atoms with Crippen molar-refractivity contribution in [2.75, 3.05) is 24.2 Å². The predicted octanol–water partition coefficient (Wildman–Crippen LogP) is 3.46. The Morgan fingerprint density at radius 3 is 2.80 bits per heavy atom. The summed E-state index contributed by atoms with van der Waals surface area (Å²) < 4.78 is 18.5. The normalized spacial score (nSPS) is 10.3. The molecule has 3 N–H and O–H groups in total. The summed E-state index contributed by atoms with van der Waals surface area (Å²) in [5.41, 5.74) is 8.35.